The minimum Gasteiger partial charge on any atom is -0.306 e. The smallest absolute Gasteiger partial charge is 0.222 e. The van der Waals surface area contributed by atoms with E-state index in [-0.39, 0.29) is 11.7 Å². The van der Waals surface area contributed by atoms with E-state index in [4.69, 9.17) is 0 Å². The van der Waals surface area contributed by atoms with Crippen molar-refractivity contribution in [3.63, 3.8) is 0 Å². The molecule has 0 fully saturated rings. The van der Waals surface area contributed by atoms with Gasteiger partial charge in [-0.25, -0.2) is 4.63 Å². The number of hydrogen-bond donors (Lipinski definition) is 1. The maximum Gasteiger partial charge on any atom is 0.222 e. The van der Waals surface area contributed by atoms with E-state index < -0.39 is 0 Å². The van der Waals surface area contributed by atoms with Crippen molar-refractivity contribution in [2.45, 2.75) is 31.8 Å². The first-order valence-corrected chi connectivity index (χ1v) is 7.24. The maximum atomic E-state index is 11.1. The second-order valence-corrected chi connectivity index (χ2v) is 5.27. The number of rotatable bonds is 6. The Morgan fingerprint density at radius 2 is 2.20 bits per heavy atom. The molecular weight excluding hydrogens is 280 g/mol. The zero-order chi connectivity index (χ0) is 14.5. The molecule has 2 heterocycles. The lowest BCUT2D eigenvalue weighted by atomic mass is 10.4. The van der Waals surface area contributed by atoms with E-state index in [9.17, 15) is 4.79 Å². The molecule has 2 aromatic rings. The number of aromatic nitrogens is 5. The zero-order valence-electron chi connectivity index (χ0n) is 11.6. The van der Waals surface area contributed by atoms with Crippen molar-refractivity contribution in [1.29, 1.82) is 0 Å². The quantitative estimate of drug-likeness (QED) is 0.640. The predicted octanol–water partition coefficient (Wildman–Crippen LogP) is 1.72. The van der Waals surface area contributed by atoms with E-state index in [0.717, 1.165) is 23.8 Å². The van der Waals surface area contributed by atoms with Gasteiger partial charge >= 0.3 is 0 Å². The second kappa shape index (κ2) is 6.51. The van der Waals surface area contributed by atoms with Crippen LogP contribution in [0.1, 0.15) is 26.7 Å². The average Bonchev–Trinajstić information content (AvgIpc) is 2.97. The molecule has 0 aliphatic carbocycles. The molecule has 0 spiro atoms. The number of carbonyl (C=O) groups excluding carboxylic acids is 1. The number of unbranched alkanes of at least 4 members (excludes halogenated alkanes) is 1. The fraction of sp³-hybridized carbons (Fsp3) is 0.545. The highest BCUT2D eigenvalue weighted by Gasteiger charge is 2.20. The summed E-state index contributed by atoms with van der Waals surface area (Å²) in [6.45, 7) is 3.53. The monoisotopic (exact) mass is 296 g/mol. The summed E-state index contributed by atoms with van der Waals surface area (Å²) in [6.07, 6.45) is 2.26. The Morgan fingerprint density at radius 3 is 2.90 bits per heavy atom. The standard InChI is InChI=1S/C11H16N6O2S/c1-4-5-6-20-11-14-13-10(17(11)3)8-9(12-7(2)18)16-19-15-8/h4-6H2,1-3H3,(H,12,16,18). The Hall–Kier alpha value is -1.90. The van der Waals surface area contributed by atoms with Gasteiger partial charge in [-0.05, 0) is 16.7 Å². The van der Waals surface area contributed by atoms with Crippen molar-refractivity contribution < 1.29 is 9.42 Å². The lowest BCUT2D eigenvalue weighted by Gasteiger charge is -2.02. The van der Waals surface area contributed by atoms with Crippen LogP contribution in [0.15, 0.2) is 9.79 Å². The zero-order valence-corrected chi connectivity index (χ0v) is 12.4. The van der Waals surface area contributed by atoms with Crippen molar-refractivity contribution >= 4 is 23.5 Å². The molecular formula is C11H16N6O2S. The van der Waals surface area contributed by atoms with Gasteiger partial charge in [0.2, 0.25) is 11.7 Å². The lowest BCUT2D eigenvalue weighted by Crippen LogP contribution is -2.08. The summed E-state index contributed by atoms with van der Waals surface area (Å²) in [5, 5.41) is 19.0. The second-order valence-electron chi connectivity index (χ2n) is 4.21. The molecule has 2 rings (SSSR count). The first kappa shape index (κ1) is 14.5. The normalized spacial score (nSPS) is 10.8. The molecule has 0 saturated heterocycles. The third-order valence-electron chi connectivity index (χ3n) is 2.56. The van der Waals surface area contributed by atoms with E-state index >= 15 is 0 Å². The van der Waals surface area contributed by atoms with Crippen LogP contribution in [0, 0.1) is 0 Å². The van der Waals surface area contributed by atoms with Crippen LogP contribution in [0.25, 0.3) is 11.5 Å². The van der Waals surface area contributed by atoms with E-state index in [0.29, 0.717) is 11.5 Å². The van der Waals surface area contributed by atoms with E-state index in [1.54, 1.807) is 11.8 Å². The molecule has 0 unspecified atom stereocenters. The van der Waals surface area contributed by atoms with Gasteiger partial charge in [0.05, 0.1) is 0 Å². The number of nitrogens with one attached hydrogen (secondary N) is 1. The number of nitrogens with zero attached hydrogens (tertiary/aromatic N) is 5. The van der Waals surface area contributed by atoms with Crippen LogP contribution in [-0.2, 0) is 11.8 Å². The van der Waals surface area contributed by atoms with Crippen LogP contribution in [0.4, 0.5) is 5.82 Å². The molecule has 1 amide bonds. The molecule has 9 heteroatoms. The van der Waals surface area contributed by atoms with E-state index in [2.05, 4.69) is 37.4 Å². The summed E-state index contributed by atoms with van der Waals surface area (Å²) in [6, 6.07) is 0. The molecule has 0 aliphatic rings. The van der Waals surface area contributed by atoms with Crippen LogP contribution in [0.2, 0.25) is 0 Å². The third kappa shape index (κ3) is 3.16. The molecule has 2 aromatic heterocycles. The van der Waals surface area contributed by atoms with Gasteiger partial charge in [-0.15, -0.1) is 10.2 Å². The van der Waals surface area contributed by atoms with Crippen LogP contribution in [-0.4, -0.2) is 36.7 Å². The summed E-state index contributed by atoms with van der Waals surface area (Å²) in [4.78, 5) is 11.1. The first-order chi connectivity index (χ1) is 9.63. The Kier molecular flexibility index (Phi) is 4.72. The van der Waals surface area contributed by atoms with Crippen LogP contribution < -0.4 is 5.32 Å². The summed E-state index contributed by atoms with van der Waals surface area (Å²) >= 11 is 1.63. The Morgan fingerprint density at radius 1 is 1.40 bits per heavy atom. The molecule has 0 aliphatic heterocycles. The molecule has 108 valence electrons. The van der Waals surface area contributed by atoms with Gasteiger partial charge in [0.15, 0.2) is 16.7 Å². The van der Waals surface area contributed by atoms with Crippen LogP contribution in [0.3, 0.4) is 0 Å². The van der Waals surface area contributed by atoms with Gasteiger partial charge in [-0.2, -0.15) is 0 Å². The number of anilines is 1. The highest BCUT2D eigenvalue weighted by Crippen LogP contribution is 2.26. The Bertz CT molecular complexity index is 594. The van der Waals surface area contributed by atoms with Gasteiger partial charge in [0.25, 0.3) is 0 Å². The largest absolute Gasteiger partial charge is 0.306 e. The first-order valence-electron chi connectivity index (χ1n) is 6.26. The molecule has 20 heavy (non-hydrogen) atoms. The van der Waals surface area contributed by atoms with Crippen molar-refractivity contribution in [2.24, 2.45) is 7.05 Å². The van der Waals surface area contributed by atoms with Gasteiger partial charge in [0, 0.05) is 19.7 Å². The third-order valence-corrected chi connectivity index (χ3v) is 3.67. The summed E-state index contributed by atoms with van der Waals surface area (Å²) in [5.41, 5.74) is 0.373. The van der Waals surface area contributed by atoms with E-state index in [1.165, 1.54) is 6.92 Å². The molecule has 0 saturated carbocycles. The van der Waals surface area contributed by atoms with Crippen molar-refractivity contribution in [3.05, 3.63) is 0 Å². The maximum absolute atomic E-state index is 11.1. The summed E-state index contributed by atoms with van der Waals surface area (Å²) in [5.74, 6) is 1.49. The topological polar surface area (TPSA) is 98.7 Å². The number of thioether (sulfide) groups is 1. The Balaban J connectivity index is 2.21. The number of carbonyl (C=O) groups is 1. The minimum absolute atomic E-state index is 0.248. The molecule has 1 N–H and O–H groups in total. The number of amides is 1. The Labute approximate surface area is 120 Å². The minimum atomic E-state index is -0.248. The summed E-state index contributed by atoms with van der Waals surface area (Å²) < 4.78 is 6.47. The predicted molar refractivity (Wildman–Crippen MR) is 74.2 cm³/mol. The molecule has 0 bridgehead atoms. The van der Waals surface area contributed by atoms with Crippen LogP contribution >= 0.6 is 11.8 Å². The highest BCUT2D eigenvalue weighted by molar-refractivity contribution is 7.99. The van der Waals surface area contributed by atoms with Crippen molar-refractivity contribution in [1.82, 2.24) is 25.1 Å². The molecule has 0 radical (unpaired) electrons. The molecule has 0 atom stereocenters. The van der Waals surface area contributed by atoms with Crippen molar-refractivity contribution in [2.75, 3.05) is 11.1 Å². The number of hydrogen-bond acceptors (Lipinski definition) is 7. The van der Waals surface area contributed by atoms with Gasteiger partial charge < -0.3 is 9.88 Å². The average molecular weight is 296 g/mol. The fourth-order valence-corrected chi connectivity index (χ4v) is 2.53. The summed E-state index contributed by atoms with van der Waals surface area (Å²) in [7, 11) is 1.84. The van der Waals surface area contributed by atoms with Gasteiger partial charge in [-0.1, -0.05) is 25.1 Å². The van der Waals surface area contributed by atoms with Gasteiger partial charge in [-0.3, -0.25) is 4.79 Å². The molecule has 8 nitrogen and oxygen atoms in total. The SMILES string of the molecule is CCCCSc1nnc(-c2nonc2NC(C)=O)n1C. The van der Waals surface area contributed by atoms with Gasteiger partial charge in [0.1, 0.15) is 0 Å². The highest BCUT2D eigenvalue weighted by atomic mass is 32.2. The van der Waals surface area contributed by atoms with Crippen LogP contribution in [0.5, 0.6) is 0 Å². The molecule has 0 aromatic carbocycles. The van der Waals surface area contributed by atoms with Crippen molar-refractivity contribution in [3.8, 4) is 11.5 Å². The lowest BCUT2D eigenvalue weighted by molar-refractivity contribution is -0.114. The fourth-order valence-electron chi connectivity index (χ4n) is 1.54. The van der Waals surface area contributed by atoms with E-state index in [1.807, 2.05) is 11.6 Å².